The van der Waals surface area contributed by atoms with Crippen LogP contribution in [0.1, 0.15) is 39.9 Å². The molecule has 17 heteroatoms. The first-order valence-electron chi connectivity index (χ1n) is 16.4. The Labute approximate surface area is 308 Å². The van der Waals surface area contributed by atoms with Crippen molar-refractivity contribution >= 4 is 45.4 Å². The number of rotatable bonds is 13. The van der Waals surface area contributed by atoms with E-state index in [4.69, 9.17) is 9.90 Å². The number of nitrogens with zero attached hydrogens (tertiary/aromatic N) is 2. The van der Waals surface area contributed by atoms with Crippen molar-refractivity contribution in [3.8, 4) is 0 Å². The van der Waals surface area contributed by atoms with Crippen LogP contribution in [0.15, 0.2) is 91.0 Å². The van der Waals surface area contributed by atoms with E-state index in [1.807, 2.05) is 0 Å². The maximum Gasteiger partial charge on any atom is 0.416 e. The molecular weight excluding hydrogens is 739 g/mol. The molecule has 54 heavy (non-hydrogen) atoms. The number of halogens is 5. The first-order chi connectivity index (χ1) is 25.5. The molecule has 0 unspecified atom stereocenters. The number of carbonyl (C=O) groups is 3. The van der Waals surface area contributed by atoms with Crippen LogP contribution < -0.4 is 19.8 Å². The van der Waals surface area contributed by atoms with E-state index in [0.29, 0.717) is 22.4 Å². The fourth-order valence-electron chi connectivity index (χ4n) is 5.88. The number of anilines is 3. The Kier molecular flexibility index (Phi) is 13.9. The zero-order valence-electron chi connectivity index (χ0n) is 28.8. The number of sulfonamides is 1. The minimum absolute atomic E-state index is 0.00967. The molecule has 288 valence electrons. The molecule has 0 aromatic heterocycles. The molecule has 1 aliphatic heterocycles. The summed E-state index contributed by atoms with van der Waals surface area (Å²) in [6, 6.07) is 18.8. The van der Waals surface area contributed by atoms with E-state index in [9.17, 15) is 45.1 Å². The summed E-state index contributed by atoms with van der Waals surface area (Å²) in [5.41, 5.74) is -0.235. The van der Waals surface area contributed by atoms with E-state index < -0.39 is 51.5 Å². The number of amides is 2. The average Bonchev–Trinajstić information content (AvgIpc) is 3.53. The molecule has 1 aliphatic rings. The lowest BCUT2D eigenvalue weighted by Crippen LogP contribution is -2.48. The zero-order valence-corrected chi connectivity index (χ0v) is 29.6. The van der Waals surface area contributed by atoms with Gasteiger partial charge in [0, 0.05) is 43.4 Å². The highest BCUT2D eigenvalue weighted by molar-refractivity contribution is 7.92. The van der Waals surface area contributed by atoms with Gasteiger partial charge in [0.25, 0.3) is 12.4 Å². The molecule has 4 aromatic carbocycles. The number of aliphatic hydroxyl groups is 1. The van der Waals surface area contributed by atoms with Gasteiger partial charge >= 0.3 is 6.18 Å². The van der Waals surface area contributed by atoms with Crippen molar-refractivity contribution in [2.45, 2.75) is 44.1 Å². The number of carboxylic acid groups (broad SMARTS) is 1. The highest BCUT2D eigenvalue weighted by atomic mass is 32.2. The summed E-state index contributed by atoms with van der Waals surface area (Å²) < 4.78 is 94.9. The molecule has 2 atom stereocenters. The minimum Gasteiger partial charge on any atom is -0.483 e. The second-order valence-corrected chi connectivity index (χ2v) is 14.1. The molecule has 0 bridgehead atoms. The first kappa shape index (κ1) is 41.4. The Bertz CT molecular complexity index is 2030. The fourth-order valence-corrected chi connectivity index (χ4v) is 6.85. The van der Waals surface area contributed by atoms with Crippen molar-refractivity contribution in [2.75, 3.05) is 28.6 Å². The van der Waals surface area contributed by atoms with Gasteiger partial charge in [-0.1, -0.05) is 48.5 Å². The van der Waals surface area contributed by atoms with Crippen LogP contribution in [-0.2, 0) is 38.8 Å². The SMILES string of the molecule is CS(=O)(=O)N(c1cc(F)cc(F)c1)c1cc(C(=O)N[C@@H](Cc2ccccc2)[C@H](O)CNCc2cccc(C(F)(F)F)c2)cc(N2CCCC2=O)c1.O=CO. The maximum atomic E-state index is 14.3. The third-order valence-corrected chi connectivity index (χ3v) is 9.30. The van der Waals surface area contributed by atoms with E-state index in [1.54, 1.807) is 30.3 Å². The van der Waals surface area contributed by atoms with Gasteiger partial charge in [0.1, 0.15) is 11.6 Å². The molecule has 1 heterocycles. The largest absolute Gasteiger partial charge is 0.483 e. The van der Waals surface area contributed by atoms with Gasteiger partial charge < -0.3 is 25.7 Å². The highest BCUT2D eigenvalue weighted by Crippen LogP contribution is 2.35. The third kappa shape index (κ3) is 11.3. The van der Waals surface area contributed by atoms with Gasteiger partial charge in [0.2, 0.25) is 15.9 Å². The van der Waals surface area contributed by atoms with Crippen molar-refractivity contribution in [1.29, 1.82) is 0 Å². The van der Waals surface area contributed by atoms with Gasteiger partial charge in [-0.3, -0.25) is 14.4 Å². The van der Waals surface area contributed by atoms with Gasteiger partial charge in [0.05, 0.1) is 35.3 Å². The molecule has 5 rings (SSSR count). The van der Waals surface area contributed by atoms with Crippen molar-refractivity contribution in [2.24, 2.45) is 0 Å². The summed E-state index contributed by atoms with van der Waals surface area (Å²) >= 11 is 0. The smallest absolute Gasteiger partial charge is 0.416 e. The van der Waals surface area contributed by atoms with E-state index >= 15 is 0 Å². The van der Waals surface area contributed by atoms with E-state index in [0.717, 1.165) is 36.1 Å². The summed E-state index contributed by atoms with van der Waals surface area (Å²) in [6.45, 7) is -0.109. The lowest BCUT2D eigenvalue weighted by atomic mass is 10.00. The van der Waals surface area contributed by atoms with Gasteiger partial charge in [-0.25, -0.2) is 21.5 Å². The standard InChI is InChI=1S/C36H35F5N4O5S.CH2O2/c1-51(49,50)45(31-18-27(37)17-28(38)19-31)30-16-25(15-29(20-30)44-12-6-11-34(44)47)35(48)43-32(14-23-7-3-2-4-8-23)33(46)22-42-21-24-9-5-10-26(13-24)36(39,40)41;2-1-3/h2-5,7-10,13,15-20,32-33,42,46H,6,11-12,14,21-22H2,1H3,(H,43,48);1H,(H,2,3)/t32-,33+;/m0./s1. The summed E-state index contributed by atoms with van der Waals surface area (Å²) in [7, 11) is -4.27. The van der Waals surface area contributed by atoms with Crippen molar-refractivity contribution in [3.63, 3.8) is 0 Å². The van der Waals surface area contributed by atoms with Crippen LogP contribution in [0.25, 0.3) is 0 Å². The summed E-state index contributed by atoms with van der Waals surface area (Å²) in [6.07, 6.45) is -4.10. The van der Waals surface area contributed by atoms with Crippen molar-refractivity contribution in [3.05, 3.63) is 125 Å². The molecule has 0 saturated carbocycles. The second kappa shape index (κ2) is 18.1. The number of aliphatic hydroxyl groups excluding tert-OH is 1. The number of carbonyl (C=O) groups excluding carboxylic acids is 2. The molecule has 4 aromatic rings. The quantitative estimate of drug-likeness (QED) is 0.104. The van der Waals surface area contributed by atoms with Crippen LogP contribution in [0, 0.1) is 11.6 Å². The third-order valence-electron chi connectivity index (χ3n) is 8.21. The Morgan fingerprint density at radius 1 is 0.944 bits per heavy atom. The van der Waals surface area contributed by atoms with Crippen molar-refractivity contribution in [1.82, 2.24) is 10.6 Å². The van der Waals surface area contributed by atoms with Crippen LogP contribution in [-0.4, -0.2) is 68.4 Å². The summed E-state index contributed by atoms with van der Waals surface area (Å²) in [5.74, 6) is -3.12. The Morgan fingerprint density at radius 3 is 2.17 bits per heavy atom. The molecule has 1 saturated heterocycles. The molecule has 0 aliphatic carbocycles. The number of benzene rings is 4. The number of alkyl halides is 3. The lowest BCUT2D eigenvalue weighted by Gasteiger charge is -2.27. The van der Waals surface area contributed by atoms with Crippen LogP contribution in [0.2, 0.25) is 0 Å². The number of hydrogen-bond donors (Lipinski definition) is 4. The molecule has 2 amide bonds. The predicted octanol–water partition coefficient (Wildman–Crippen LogP) is 5.40. The normalized spacial score (nSPS) is 14.1. The van der Waals surface area contributed by atoms with Gasteiger partial charge in [-0.05, 0) is 60.4 Å². The van der Waals surface area contributed by atoms with Gasteiger partial charge in [-0.15, -0.1) is 0 Å². The Balaban J connectivity index is 0.00000209. The molecule has 0 spiro atoms. The average molecular weight is 777 g/mol. The number of hydrogen-bond acceptors (Lipinski definition) is 7. The van der Waals surface area contributed by atoms with E-state index in [-0.39, 0.29) is 67.5 Å². The summed E-state index contributed by atoms with van der Waals surface area (Å²) in [5, 5.41) is 23.9. The zero-order chi connectivity index (χ0) is 39.6. The molecule has 4 N–H and O–H groups in total. The lowest BCUT2D eigenvalue weighted by molar-refractivity contribution is -0.137. The van der Waals surface area contributed by atoms with Crippen LogP contribution in [0.4, 0.5) is 39.0 Å². The molecule has 11 nitrogen and oxygen atoms in total. The predicted molar refractivity (Wildman–Crippen MR) is 191 cm³/mol. The van der Waals surface area contributed by atoms with Crippen LogP contribution >= 0.6 is 0 Å². The fraction of sp³-hybridized carbons (Fsp3) is 0.270. The first-order valence-corrected chi connectivity index (χ1v) is 18.2. The molecular formula is C37H37F5N4O7S. The topological polar surface area (TPSA) is 156 Å². The molecule has 0 radical (unpaired) electrons. The van der Waals surface area contributed by atoms with E-state index in [1.165, 1.54) is 35.2 Å². The van der Waals surface area contributed by atoms with Gasteiger partial charge in [0.15, 0.2) is 0 Å². The summed E-state index contributed by atoms with van der Waals surface area (Å²) in [4.78, 5) is 36.4. The minimum atomic E-state index is -4.52. The van der Waals surface area contributed by atoms with Crippen LogP contribution in [0.3, 0.4) is 0 Å². The molecule has 1 fully saturated rings. The maximum absolute atomic E-state index is 14.3. The second-order valence-electron chi connectivity index (χ2n) is 12.3. The van der Waals surface area contributed by atoms with E-state index in [2.05, 4.69) is 10.6 Å². The monoisotopic (exact) mass is 776 g/mol. The van der Waals surface area contributed by atoms with Gasteiger partial charge in [-0.2, -0.15) is 13.2 Å². The number of nitrogens with one attached hydrogen (secondary N) is 2. The Hall–Kier alpha value is -5.39. The Morgan fingerprint density at radius 2 is 1.57 bits per heavy atom. The van der Waals surface area contributed by atoms with Crippen molar-refractivity contribution < 1.29 is 55.0 Å². The highest BCUT2D eigenvalue weighted by Gasteiger charge is 2.31. The van der Waals surface area contributed by atoms with Crippen LogP contribution in [0.5, 0.6) is 0 Å².